The Balaban J connectivity index is 1.94. The molecule has 24 heavy (non-hydrogen) atoms. The molecule has 0 radical (unpaired) electrons. The maximum Gasteiger partial charge on any atom is 0.222 e. The van der Waals surface area contributed by atoms with Gasteiger partial charge in [0.1, 0.15) is 0 Å². The van der Waals surface area contributed by atoms with E-state index < -0.39 is 0 Å². The molecule has 2 fully saturated rings. The van der Waals surface area contributed by atoms with Crippen molar-refractivity contribution in [3.63, 3.8) is 0 Å². The minimum absolute atomic E-state index is 0.0327. The Bertz CT molecular complexity index is 491. The van der Waals surface area contributed by atoms with Crippen LogP contribution in [0.25, 0.3) is 0 Å². The third-order valence-corrected chi connectivity index (χ3v) is 4.54. The molecule has 3 N–H and O–H groups in total. The van der Waals surface area contributed by atoms with Crippen LogP contribution in [0.3, 0.4) is 0 Å². The number of hydrogen-bond donors (Lipinski definition) is 3. The van der Waals surface area contributed by atoms with Crippen LogP contribution in [0.2, 0.25) is 0 Å². The second-order valence-electron chi connectivity index (χ2n) is 7.19. The largest absolute Gasteiger partial charge is 0.357 e. The van der Waals surface area contributed by atoms with E-state index in [2.05, 4.69) is 25.8 Å². The molecule has 136 valence electrons. The average Bonchev–Trinajstić information content (AvgIpc) is 2.86. The topological polar surface area (TPSA) is 85.8 Å². The number of aliphatic imine (C=N–C) groups is 1. The first kappa shape index (κ1) is 18.5. The monoisotopic (exact) mass is 337 g/mol. The normalized spacial score (nSPS) is 24.4. The molecular weight excluding hydrogens is 306 g/mol. The molecule has 0 bridgehead atoms. The summed E-state index contributed by atoms with van der Waals surface area (Å²) in [7, 11) is 0. The van der Waals surface area contributed by atoms with Gasteiger partial charge in [0.05, 0.1) is 6.54 Å². The van der Waals surface area contributed by atoms with E-state index in [0.29, 0.717) is 19.4 Å². The van der Waals surface area contributed by atoms with Crippen molar-refractivity contribution in [3.05, 3.63) is 0 Å². The van der Waals surface area contributed by atoms with Crippen LogP contribution < -0.4 is 16.0 Å². The molecule has 1 unspecified atom stereocenters. The molecule has 0 aliphatic carbocycles. The van der Waals surface area contributed by atoms with Gasteiger partial charge in [-0.15, -0.1) is 0 Å². The zero-order valence-corrected chi connectivity index (χ0v) is 15.2. The fourth-order valence-electron chi connectivity index (χ4n) is 3.51. The fraction of sp³-hybridized carbons (Fsp3) is 0.824. The van der Waals surface area contributed by atoms with E-state index in [9.17, 15) is 9.59 Å². The van der Waals surface area contributed by atoms with Gasteiger partial charge in [-0.2, -0.15) is 0 Å². The van der Waals surface area contributed by atoms with E-state index >= 15 is 0 Å². The Labute approximate surface area is 144 Å². The van der Waals surface area contributed by atoms with Gasteiger partial charge in [0, 0.05) is 50.5 Å². The Hall–Kier alpha value is -1.79. The third kappa shape index (κ3) is 5.11. The lowest BCUT2D eigenvalue weighted by molar-refractivity contribution is -0.121. The average molecular weight is 337 g/mol. The number of carbonyl (C=O) groups excluding carboxylic acids is 2. The van der Waals surface area contributed by atoms with Crippen LogP contribution in [-0.2, 0) is 9.59 Å². The lowest BCUT2D eigenvalue weighted by Gasteiger charge is -2.40. The van der Waals surface area contributed by atoms with Gasteiger partial charge in [-0.25, -0.2) is 0 Å². The van der Waals surface area contributed by atoms with Crippen LogP contribution in [0.4, 0.5) is 0 Å². The molecule has 0 saturated carbocycles. The molecule has 7 heteroatoms. The van der Waals surface area contributed by atoms with Crippen molar-refractivity contribution in [2.75, 3.05) is 32.7 Å². The van der Waals surface area contributed by atoms with Crippen LogP contribution in [0, 0.1) is 5.41 Å². The molecule has 2 rings (SSSR count). The molecule has 0 aromatic rings. The molecule has 2 amide bonds. The summed E-state index contributed by atoms with van der Waals surface area (Å²) in [4.78, 5) is 30.2. The first-order chi connectivity index (χ1) is 11.4. The van der Waals surface area contributed by atoms with Gasteiger partial charge in [0.25, 0.3) is 0 Å². The van der Waals surface area contributed by atoms with E-state index in [1.807, 2.05) is 20.8 Å². The maximum absolute atomic E-state index is 11.7. The van der Waals surface area contributed by atoms with Crippen LogP contribution in [-0.4, -0.2) is 61.4 Å². The predicted molar refractivity (Wildman–Crippen MR) is 94.7 cm³/mol. The van der Waals surface area contributed by atoms with Gasteiger partial charge in [-0.05, 0) is 33.6 Å². The zero-order valence-electron chi connectivity index (χ0n) is 15.2. The third-order valence-electron chi connectivity index (χ3n) is 4.54. The number of likely N-dealkylation sites (tertiary alicyclic amines) is 1. The highest BCUT2D eigenvalue weighted by Crippen LogP contribution is 2.35. The molecule has 2 heterocycles. The smallest absolute Gasteiger partial charge is 0.222 e. The Morgan fingerprint density at radius 2 is 2.25 bits per heavy atom. The number of piperidine rings is 1. The number of carbonyl (C=O) groups is 2. The van der Waals surface area contributed by atoms with E-state index in [-0.39, 0.29) is 23.3 Å². The predicted octanol–water partition coefficient (Wildman–Crippen LogP) is 0.469. The van der Waals surface area contributed by atoms with E-state index in [1.165, 1.54) is 0 Å². The van der Waals surface area contributed by atoms with Gasteiger partial charge >= 0.3 is 0 Å². The van der Waals surface area contributed by atoms with Gasteiger partial charge in [0.2, 0.25) is 11.8 Å². The maximum atomic E-state index is 11.7. The number of amides is 2. The van der Waals surface area contributed by atoms with Crippen molar-refractivity contribution in [3.8, 4) is 0 Å². The van der Waals surface area contributed by atoms with Gasteiger partial charge in [-0.3, -0.25) is 14.6 Å². The summed E-state index contributed by atoms with van der Waals surface area (Å²) in [6.07, 6.45) is 3.15. The minimum atomic E-state index is 0.0327. The Morgan fingerprint density at radius 1 is 1.46 bits per heavy atom. The second kappa shape index (κ2) is 8.35. The lowest BCUT2D eigenvalue weighted by atomic mass is 9.79. The number of hydrogen-bond acceptors (Lipinski definition) is 3. The van der Waals surface area contributed by atoms with Crippen molar-refractivity contribution < 1.29 is 9.59 Å². The molecule has 0 aromatic carbocycles. The number of guanidine groups is 1. The summed E-state index contributed by atoms with van der Waals surface area (Å²) in [6.45, 7) is 9.76. The van der Waals surface area contributed by atoms with E-state index in [0.717, 1.165) is 45.0 Å². The van der Waals surface area contributed by atoms with Crippen molar-refractivity contribution in [2.24, 2.45) is 10.4 Å². The SMILES string of the molecule is CCNC(=NCCC(=O)NC(C)C)N1CCCC2(CNC(=O)C2)C1. The second-order valence-corrected chi connectivity index (χ2v) is 7.19. The van der Waals surface area contributed by atoms with Gasteiger partial charge in [0.15, 0.2) is 5.96 Å². The Kier molecular flexibility index (Phi) is 6.45. The van der Waals surface area contributed by atoms with Crippen molar-refractivity contribution in [1.82, 2.24) is 20.9 Å². The minimum Gasteiger partial charge on any atom is -0.357 e. The molecular formula is C17H31N5O2. The lowest BCUT2D eigenvalue weighted by Crippen LogP contribution is -2.51. The summed E-state index contributed by atoms with van der Waals surface area (Å²) < 4.78 is 0. The summed E-state index contributed by atoms with van der Waals surface area (Å²) in [5, 5.41) is 9.18. The van der Waals surface area contributed by atoms with E-state index in [4.69, 9.17) is 0 Å². The molecule has 0 aromatic heterocycles. The number of nitrogens with one attached hydrogen (secondary N) is 3. The highest BCUT2D eigenvalue weighted by atomic mass is 16.2. The summed E-state index contributed by atoms with van der Waals surface area (Å²) in [5.41, 5.74) is 0.0422. The highest BCUT2D eigenvalue weighted by Gasteiger charge is 2.42. The molecule has 7 nitrogen and oxygen atoms in total. The van der Waals surface area contributed by atoms with E-state index in [1.54, 1.807) is 0 Å². The van der Waals surface area contributed by atoms with Crippen LogP contribution >= 0.6 is 0 Å². The van der Waals surface area contributed by atoms with Gasteiger partial charge < -0.3 is 20.9 Å². The standard InChI is InChI=1S/C17H31N5O2/c1-4-18-16(19-8-6-14(23)21-13(2)3)22-9-5-7-17(12-22)10-15(24)20-11-17/h13H,4-12H2,1-3H3,(H,18,19)(H,20,24)(H,21,23). The highest BCUT2D eigenvalue weighted by molar-refractivity contribution is 5.82. The number of nitrogens with zero attached hydrogens (tertiary/aromatic N) is 2. The zero-order chi connectivity index (χ0) is 17.6. The van der Waals surface area contributed by atoms with Crippen LogP contribution in [0.15, 0.2) is 4.99 Å². The first-order valence-corrected chi connectivity index (χ1v) is 9.03. The first-order valence-electron chi connectivity index (χ1n) is 9.03. The van der Waals surface area contributed by atoms with Gasteiger partial charge in [-0.1, -0.05) is 0 Å². The van der Waals surface area contributed by atoms with Crippen molar-refractivity contribution in [1.29, 1.82) is 0 Å². The summed E-state index contributed by atoms with van der Waals surface area (Å²) in [5.74, 6) is 1.04. The van der Waals surface area contributed by atoms with Crippen molar-refractivity contribution in [2.45, 2.75) is 52.5 Å². The molecule has 2 saturated heterocycles. The molecule has 2 aliphatic rings. The molecule has 2 aliphatic heterocycles. The van der Waals surface area contributed by atoms with Crippen LogP contribution in [0.1, 0.15) is 46.5 Å². The molecule has 1 atom stereocenters. The number of rotatable bonds is 5. The van der Waals surface area contributed by atoms with Crippen molar-refractivity contribution >= 4 is 17.8 Å². The Morgan fingerprint density at radius 3 is 2.88 bits per heavy atom. The molecule has 1 spiro atoms. The fourth-order valence-corrected chi connectivity index (χ4v) is 3.51. The van der Waals surface area contributed by atoms with Crippen LogP contribution in [0.5, 0.6) is 0 Å². The summed E-state index contributed by atoms with van der Waals surface area (Å²) in [6, 6.07) is 0.157. The quantitative estimate of drug-likeness (QED) is 0.503. The summed E-state index contributed by atoms with van der Waals surface area (Å²) >= 11 is 0.